The Kier molecular flexibility index (Phi) is 5.30. The van der Waals surface area contributed by atoms with Crippen molar-refractivity contribution < 1.29 is 18.9 Å². The summed E-state index contributed by atoms with van der Waals surface area (Å²) in [6.07, 6.45) is 2.00. The number of rotatable bonds is 8. The third-order valence-electron chi connectivity index (χ3n) is 2.63. The van der Waals surface area contributed by atoms with Crippen LogP contribution in [0.1, 0.15) is 25.3 Å². The van der Waals surface area contributed by atoms with Gasteiger partial charge in [0.2, 0.25) is 6.79 Å². The lowest BCUT2D eigenvalue weighted by Crippen LogP contribution is -2.01. The summed E-state index contributed by atoms with van der Waals surface area (Å²) in [5, 5.41) is 0. The molecule has 0 amide bonds. The van der Waals surface area contributed by atoms with E-state index in [1.54, 1.807) is 0 Å². The quantitative estimate of drug-likeness (QED) is 0.667. The molecule has 18 heavy (non-hydrogen) atoms. The molecule has 0 bridgehead atoms. The Morgan fingerprint density at radius 2 is 1.89 bits per heavy atom. The van der Waals surface area contributed by atoms with E-state index in [0.29, 0.717) is 13.4 Å². The fraction of sp³-hybridized carbons (Fsp3) is 0.571. The number of hydrogen-bond acceptors (Lipinski definition) is 4. The number of hydrogen-bond donors (Lipinski definition) is 0. The van der Waals surface area contributed by atoms with Crippen molar-refractivity contribution in [1.29, 1.82) is 0 Å². The van der Waals surface area contributed by atoms with Gasteiger partial charge in [-0.1, -0.05) is 13.0 Å². The minimum Gasteiger partial charge on any atom is -0.454 e. The minimum atomic E-state index is 0.314. The predicted octanol–water partition coefficient (Wildman–Crippen LogP) is 2.75. The van der Waals surface area contributed by atoms with Crippen molar-refractivity contribution in [3.8, 4) is 11.5 Å². The highest BCUT2D eigenvalue weighted by Gasteiger charge is 2.12. The second-order valence-electron chi connectivity index (χ2n) is 4.21. The Morgan fingerprint density at radius 3 is 2.78 bits per heavy atom. The van der Waals surface area contributed by atoms with E-state index < -0.39 is 0 Å². The van der Waals surface area contributed by atoms with Crippen molar-refractivity contribution in [2.75, 3.05) is 26.6 Å². The van der Waals surface area contributed by atoms with Gasteiger partial charge in [-0.05, 0) is 30.5 Å². The van der Waals surface area contributed by atoms with Gasteiger partial charge < -0.3 is 18.9 Å². The smallest absolute Gasteiger partial charge is 0.231 e. The summed E-state index contributed by atoms with van der Waals surface area (Å²) in [5.41, 5.74) is 1.11. The van der Waals surface area contributed by atoms with E-state index in [-0.39, 0.29) is 0 Å². The van der Waals surface area contributed by atoms with Gasteiger partial charge >= 0.3 is 0 Å². The Bertz CT molecular complexity index is 365. The molecule has 1 aromatic rings. The topological polar surface area (TPSA) is 36.9 Å². The van der Waals surface area contributed by atoms with E-state index in [1.165, 1.54) is 0 Å². The maximum atomic E-state index is 5.58. The SMILES string of the molecule is CCCOCCCOCc1ccc2c(c1)OCO2. The first kappa shape index (κ1) is 13.2. The summed E-state index contributed by atoms with van der Waals surface area (Å²) >= 11 is 0. The molecule has 1 aliphatic heterocycles. The van der Waals surface area contributed by atoms with Gasteiger partial charge in [0.15, 0.2) is 11.5 Å². The van der Waals surface area contributed by atoms with Crippen LogP contribution in [0.2, 0.25) is 0 Å². The van der Waals surface area contributed by atoms with Crippen molar-refractivity contribution in [2.24, 2.45) is 0 Å². The van der Waals surface area contributed by atoms with Gasteiger partial charge in [-0.25, -0.2) is 0 Å². The van der Waals surface area contributed by atoms with Crippen LogP contribution in [-0.2, 0) is 16.1 Å². The maximum absolute atomic E-state index is 5.58. The Labute approximate surface area is 108 Å². The molecule has 0 aliphatic carbocycles. The molecule has 2 rings (SSSR count). The van der Waals surface area contributed by atoms with E-state index in [1.807, 2.05) is 18.2 Å². The lowest BCUT2D eigenvalue weighted by atomic mass is 10.2. The first-order chi connectivity index (χ1) is 8.90. The second-order valence-corrected chi connectivity index (χ2v) is 4.21. The maximum Gasteiger partial charge on any atom is 0.231 e. The fourth-order valence-electron chi connectivity index (χ4n) is 1.73. The van der Waals surface area contributed by atoms with Crippen LogP contribution in [0.25, 0.3) is 0 Å². The predicted molar refractivity (Wildman–Crippen MR) is 67.9 cm³/mol. The normalized spacial score (nSPS) is 12.9. The number of ether oxygens (including phenoxy) is 4. The van der Waals surface area contributed by atoms with Gasteiger partial charge in [-0.15, -0.1) is 0 Å². The van der Waals surface area contributed by atoms with Crippen LogP contribution in [0.4, 0.5) is 0 Å². The average Bonchev–Trinajstić information content (AvgIpc) is 2.85. The zero-order valence-electron chi connectivity index (χ0n) is 10.8. The van der Waals surface area contributed by atoms with Gasteiger partial charge in [-0.2, -0.15) is 0 Å². The lowest BCUT2D eigenvalue weighted by molar-refractivity contribution is 0.0759. The molecule has 0 atom stereocenters. The minimum absolute atomic E-state index is 0.314. The molecule has 1 heterocycles. The van der Waals surface area contributed by atoms with Crippen LogP contribution >= 0.6 is 0 Å². The highest BCUT2D eigenvalue weighted by Crippen LogP contribution is 2.32. The van der Waals surface area contributed by atoms with E-state index in [2.05, 4.69) is 6.92 Å². The van der Waals surface area contributed by atoms with Crippen molar-refractivity contribution in [1.82, 2.24) is 0 Å². The van der Waals surface area contributed by atoms with E-state index in [9.17, 15) is 0 Å². The summed E-state index contributed by atoms with van der Waals surface area (Å²) in [5.74, 6) is 1.62. The van der Waals surface area contributed by atoms with E-state index in [0.717, 1.165) is 49.7 Å². The molecule has 0 spiro atoms. The van der Waals surface area contributed by atoms with Crippen molar-refractivity contribution >= 4 is 0 Å². The Hall–Kier alpha value is -1.26. The largest absolute Gasteiger partial charge is 0.454 e. The van der Waals surface area contributed by atoms with Gasteiger partial charge in [0.25, 0.3) is 0 Å². The summed E-state index contributed by atoms with van der Waals surface area (Å²) in [6, 6.07) is 5.89. The third-order valence-corrected chi connectivity index (χ3v) is 2.63. The zero-order chi connectivity index (χ0) is 12.6. The summed E-state index contributed by atoms with van der Waals surface area (Å²) in [7, 11) is 0. The number of fused-ring (bicyclic) bond motifs is 1. The van der Waals surface area contributed by atoms with Crippen molar-refractivity contribution in [3.63, 3.8) is 0 Å². The standard InChI is InChI=1S/C14H20O4/c1-2-6-15-7-3-8-16-10-12-4-5-13-14(9-12)18-11-17-13/h4-5,9H,2-3,6-8,10-11H2,1H3. The van der Waals surface area contributed by atoms with Crippen molar-refractivity contribution in [2.45, 2.75) is 26.4 Å². The van der Waals surface area contributed by atoms with Gasteiger partial charge in [0.1, 0.15) is 0 Å². The first-order valence-corrected chi connectivity index (χ1v) is 6.44. The molecule has 1 aliphatic rings. The molecule has 100 valence electrons. The lowest BCUT2D eigenvalue weighted by Gasteiger charge is -2.06. The van der Waals surface area contributed by atoms with Gasteiger partial charge in [0.05, 0.1) is 6.61 Å². The Morgan fingerprint density at radius 1 is 1.06 bits per heavy atom. The highest BCUT2D eigenvalue weighted by atomic mass is 16.7. The Balaban J connectivity index is 1.62. The monoisotopic (exact) mass is 252 g/mol. The zero-order valence-corrected chi connectivity index (χ0v) is 10.8. The molecule has 0 aromatic heterocycles. The molecule has 4 nitrogen and oxygen atoms in total. The molecule has 0 saturated heterocycles. The molecule has 4 heteroatoms. The highest BCUT2D eigenvalue weighted by molar-refractivity contribution is 5.44. The van der Waals surface area contributed by atoms with Crippen LogP contribution in [0.5, 0.6) is 11.5 Å². The molecule has 0 fully saturated rings. The summed E-state index contributed by atoms with van der Waals surface area (Å²) in [6.45, 7) is 5.35. The molecule has 0 unspecified atom stereocenters. The van der Waals surface area contributed by atoms with Crippen LogP contribution in [0, 0.1) is 0 Å². The number of benzene rings is 1. The first-order valence-electron chi connectivity index (χ1n) is 6.44. The second kappa shape index (κ2) is 7.24. The average molecular weight is 252 g/mol. The molecule has 0 N–H and O–H groups in total. The molecule has 1 aromatic carbocycles. The van der Waals surface area contributed by atoms with Gasteiger partial charge in [0, 0.05) is 19.8 Å². The molecular weight excluding hydrogens is 232 g/mol. The van der Waals surface area contributed by atoms with Gasteiger partial charge in [-0.3, -0.25) is 0 Å². The van der Waals surface area contributed by atoms with E-state index >= 15 is 0 Å². The van der Waals surface area contributed by atoms with E-state index in [4.69, 9.17) is 18.9 Å². The van der Waals surface area contributed by atoms with Crippen molar-refractivity contribution in [3.05, 3.63) is 23.8 Å². The fourth-order valence-corrected chi connectivity index (χ4v) is 1.73. The van der Waals surface area contributed by atoms with Crippen LogP contribution in [0.3, 0.4) is 0 Å². The molecule has 0 radical (unpaired) electrons. The third kappa shape index (κ3) is 3.89. The summed E-state index contributed by atoms with van der Waals surface area (Å²) in [4.78, 5) is 0. The van der Waals surface area contributed by atoms with Crippen LogP contribution in [0.15, 0.2) is 18.2 Å². The van der Waals surface area contributed by atoms with Crippen LogP contribution in [-0.4, -0.2) is 26.6 Å². The van der Waals surface area contributed by atoms with Crippen LogP contribution < -0.4 is 9.47 Å². The molecule has 0 saturated carbocycles. The molecular formula is C14H20O4. The summed E-state index contributed by atoms with van der Waals surface area (Å²) < 4.78 is 21.5.